The zero-order valence-electron chi connectivity index (χ0n) is 14.2. The van der Waals surface area contributed by atoms with Gasteiger partial charge in [0, 0.05) is 16.3 Å². The van der Waals surface area contributed by atoms with Crippen molar-refractivity contribution in [2.24, 2.45) is 0 Å². The highest BCUT2D eigenvalue weighted by molar-refractivity contribution is 6.11. The standard InChI is InChI=1S/C23H21N/c1-3-16(2)18-13-14-20-21(15-18)19-11-7-8-12-22(19)24-23(20)17-9-5-4-6-10-17/h4-16H,3H2,1-2H3. The van der Waals surface area contributed by atoms with Crippen molar-refractivity contribution in [1.29, 1.82) is 0 Å². The van der Waals surface area contributed by atoms with Gasteiger partial charge in [0.2, 0.25) is 0 Å². The molecule has 1 heterocycles. The van der Waals surface area contributed by atoms with Crippen molar-refractivity contribution in [2.45, 2.75) is 26.2 Å². The summed E-state index contributed by atoms with van der Waals surface area (Å²) in [6.45, 7) is 4.54. The predicted octanol–water partition coefficient (Wildman–Crippen LogP) is 6.57. The third-order valence-electron chi connectivity index (χ3n) is 4.95. The Hall–Kier alpha value is -2.67. The Morgan fingerprint density at radius 2 is 1.54 bits per heavy atom. The minimum absolute atomic E-state index is 0.571. The second-order valence-corrected chi connectivity index (χ2v) is 6.46. The van der Waals surface area contributed by atoms with Gasteiger partial charge in [0.1, 0.15) is 0 Å². The molecule has 1 atom stereocenters. The quantitative estimate of drug-likeness (QED) is 0.390. The third-order valence-corrected chi connectivity index (χ3v) is 4.95. The lowest BCUT2D eigenvalue weighted by Gasteiger charge is -2.14. The van der Waals surface area contributed by atoms with Crippen LogP contribution in [0.15, 0.2) is 72.8 Å². The summed E-state index contributed by atoms with van der Waals surface area (Å²) < 4.78 is 0. The van der Waals surface area contributed by atoms with Crippen molar-refractivity contribution in [1.82, 2.24) is 4.98 Å². The van der Waals surface area contributed by atoms with Crippen molar-refractivity contribution in [3.05, 3.63) is 78.4 Å². The topological polar surface area (TPSA) is 12.9 Å². The first-order chi connectivity index (χ1) is 11.8. The smallest absolute Gasteiger partial charge is 0.0788 e. The molecule has 0 saturated heterocycles. The first-order valence-electron chi connectivity index (χ1n) is 8.65. The molecule has 0 fully saturated rings. The molecule has 0 N–H and O–H groups in total. The highest BCUT2D eigenvalue weighted by Crippen LogP contribution is 2.34. The zero-order valence-corrected chi connectivity index (χ0v) is 14.2. The van der Waals surface area contributed by atoms with E-state index in [2.05, 4.69) is 80.6 Å². The van der Waals surface area contributed by atoms with Gasteiger partial charge in [-0.1, -0.05) is 80.6 Å². The molecule has 0 amide bonds. The number of aromatic nitrogens is 1. The van der Waals surface area contributed by atoms with Crippen molar-refractivity contribution in [3.63, 3.8) is 0 Å². The van der Waals surface area contributed by atoms with Gasteiger partial charge in [-0.3, -0.25) is 0 Å². The summed E-state index contributed by atoms with van der Waals surface area (Å²) in [5.41, 5.74) is 4.70. The van der Waals surface area contributed by atoms with E-state index in [1.807, 2.05) is 6.07 Å². The summed E-state index contributed by atoms with van der Waals surface area (Å²) in [7, 11) is 0. The largest absolute Gasteiger partial charge is 0.247 e. The maximum absolute atomic E-state index is 4.97. The van der Waals surface area contributed by atoms with Crippen LogP contribution >= 0.6 is 0 Å². The van der Waals surface area contributed by atoms with E-state index in [-0.39, 0.29) is 0 Å². The summed E-state index contributed by atoms with van der Waals surface area (Å²) in [6.07, 6.45) is 1.15. The minimum atomic E-state index is 0.571. The molecule has 24 heavy (non-hydrogen) atoms. The summed E-state index contributed by atoms with van der Waals surface area (Å²) >= 11 is 0. The van der Waals surface area contributed by atoms with Gasteiger partial charge < -0.3 is 0 Å². The van der Waals surface area contributed by atoms with Gasteiger partial charge >= 0.3 is 0 Å². The van der Waals surface area contributed by atoms with Gasteiger partial charge in [-0.05, 0) is 29.4 Å². The fourth-order valence-corrected chi connectivity index (χ4v) is 3.33. The van der Waals surface area contributed by atoms with Gasteiger partial charge in [0.15, 0.2) is 0 Å². The van der Waals surface area contributed by atoms with Crippen LogP contribution in [0.2, 0.25) is 0 Å². The zero-order chi connectivity index (χ0) is 16.5. The van der Waals surface area contributed by atoms with Crippen molar-refractivity contribution >= 4 is 21.7 Å². The second kappa shape index (κ2) is 6.09. The number of rotatable bonds is 3. The molecule has 4 aromatic rings. The first kappa shape index (κ1) is 14.9. The SMILES string of the molecule is CCC(C)c1ccc2c(-c3ccccc3)nc3ccccc3c2c1. The monoisotopic (exact) mass is 311 g/mol. The molecule has 0 aliphatic rings. The van der Waals surface area contributed by atoms with E-state index in [0.29, 0.717) is 5.92 Å². The molecule has 1 aromatic heterocycles. The molecule has 0 saturated carbocycles. The van der Waals surface area contributed by atoms with Crippen LogP contribution in [0.25, 0.3) is 32.9 Å². The number of benzene rings is 3. The second-order valence-electron chi connectivity index (χ2n) is 6.46. The van der Waals surface area contributed by atoms with Crippen LogP contribution in [-0.2, 0) is 0 Å². The fourth-order valence-electron chi connectivity index (χ4n) is 3.33. The molecule has 1 heteroatoms. The highest BCUT2D eigenvalue weighted by Gasteiger charge is 2.12. The summed E-state index contributed by atoms with van der Waals surface area (Å²) in [5, 5.41) is 3.77. The summed E-state index contributed by atoms with van der Waals surface area (Å²) in [6, 6.07) is 25.8. The third kappa shape index (κ3) is 2.46. The van der Waals surface area contributed by atoms with Crippen LogP contribution < -0.4 is 0 Å². The average molecular weight is 311 g/mol. The van der Waals surface area contributed by atoms with Crippen molar-refractivity contribution < 1.29 is 0 Å². The molecule has 118 valence electrons. The number of para-hydroxylation sites is 1. The molecular weight excluding hydrogens is 290 g/mol. The molecular formula is C23H21N. The Kier molecular flexibility index (Phi) is 3.78. The Bertz CT molecular complexity index is 1000. The minimum Gasteiger partial charge on any atom is -0.247 e. The van der Waals surface area contributed by atoms with E-state index in [4.69, 9.17) is 4.98 Å². The van der Waals surface area contributed by atoms with Crippen molar-refractivity contribution in [3.8, 4) is 11.3 Å². The van der Waals surface area contributed by atoms with E-state index in [1.54, 1.807) is 0 Å². The predicted molar refractivity (Wildman–Crippen MR) is 103 cm³/mol. The normalized spacial score (nSPS) is 12.6. The number of pyridine rings is 1. The molecule has 3 aromatic carbocycles. The van der Waals surface area contributed by atoms with Crippen LogP contribution in [0.5, 0.6) is 0 Å². The molecule has 0 aliphatic carbocycles. The Morgan fingerprint density at radius 3 is 2.33 bits per heavy atom. The van der Waals surface area contributed by atoms with Gasteiger partial charge in [0.05, 0.1) is 11.2 Å². The van der Waals surface area contributed by atoms with Crippen LogP contribution in [0, 0.1) is 0 Å². The Balaban J connectivity index is 2.09. The highest BCUT2D eigenvalue weighted by atomic mass is 14.7. The maximum atomic E-state index is 4.97. The number of hydrogen-bond donors (Lipinski definition) is 0. The van der Waals surface area contributed by atoms with Gasteiger partial charge in [-0.15, -0.1) is 0 Å². The molecule has 1 nitrogen and oxygen atoms in total. The van der Waals surface area contributed by atoms with Crippen molar-refractivity contribution in [2.75, 3.05) is 0 Å². The fraction of sp³-hybridized carbons (Fsp3) is 0.174. The van der Waals surface area contributed by atoms with Crippen LogP contribution in [0.1, 0.15) is 31.7 Å². The van der Waals surface area contributed by atoms with E-state index >= 15 is 0 Å². The Morgan fingerprint density at radius 1 is 0.792 bits per heavy atom. The molecule has 4 rings (SSSR count). The lowest BCUT2D eigenvalue weighted by Crippen LogP contribution is -1.94. The van der Waals surface area contributed by atoms with E-state index in [1.165, 1.54) is 27.3 Å². The number of nitrogens with zero attached hydrogens (tertiary/aromatic N) is 1. The Labute approximate surface area is 143 Å². The molecule has 0 bridgehead atoms. The first-order valence-corrected chi connectivity index (χ1v) is 8.65. The average Bonchev–Trinajstić information content (AvgIpc) is 2.67. The van der Waals surface area contributed by atoms with Gasteiger partial charge in [0.25, 0.3) is 0 Å². The molecule has 0 spiro atoms. The molecule has 0 aliphatic heterocycles. The lowest BCUT2D eigenvalue weighted by molar-refractivity contribution is 0.735. The maximum Gasteiger partial charge on any atom is 0.0788 e. The van der Waals surface area contributed by atoms with E-state index < -0.39 is 0 Å². The molecule has 1 unspecified atom stereocenters. The van der Waals surface area contributed by atoms with Gasteiger partial charge in [-0.2, -0.15) is 0 Å². The van der Waals surface area contributed by atoms with Crippen LogP contribution in [0.4, 0.5) is 0 Å². The molecule has 0 radical (unpaired) electrons. The van der Waals surface area contributed by atoms with E-state index in [0.717, 1.165) is 17.6 Å². The number of fused-ring (bicyclic) bond motifs is 3. The van der Waals surface area contributed by atoms with Crippen LogP contribution in [-0.4, -0.2) is 4.98 Å². The summed E-state index contributed by atoms with van der Waals surface area (Å²) in [4.78, 5) is 4.97. The number of hydrogen-bond acceptors (Lipinski definition) is 1. The lowest BCUT2D eigenvalue weighted by atomic mass is 9.93. The van der Waals surface area contributed by atoms with E-state index in [9.17, 15) is 0 Å². The van der Waals surface area contributed by atoms with Crippen LogP contribution in [0.3, 0.4) is 0 Å². The summed E-state index contributed by atoms with van der Waals surface area (Å²) in [5.74, 6) is 0.571. The van der Waals surface area contributed by atoms with Gasteiger partial charge in [-0.25, -0.2) is 4.98 Å².